The maximum Gasteiger partial charge on any atom is 0.243 e. The Morgan fingerprint density at radius 3 is 2.33 bits per heavy atom. The molecule has 0 saturated carbocycles. The van der Waals surface area contributed by atoms with Crippen molar-refractivity contribution in [3.63, 3.8) is 0 Å². The van der Waals surface area contributed by atoms with Gasteiger partial charge in [0.1, 0.15) is 5.92 Å². The molecule has 0 bridgehead atoms. The molecule has 21 heavy (non-hydrogen) atoms. The molecule has 1 heterocycles. The van der Waals surface area contributed by atoms with Gasteiger partial charge in [0.15, 0.2) is 17.5 Å². The van der Waals surface area contributed by atoms with Gasteiger partial charge in [-0.2, -0.15) is 0 Å². The van der Waals surface area contributed by atoms with Crippen LogP contribution in [0.15, 0.2) is 24.5 Å². The molecule has 2 aromatic rings. The van der Waals surface area contributed by atoms with E-state index in [1.807, 2.05) is 0 Å². The van der Waals surface area contributed by atoms with Crippen molar-refractivity contribution >= 4 is 17.8 Å². The highest BCUT2D eigenvalue weighted by atomic mass is 19.2. The molecule has 1 aromatic carbocycles. The number of rotatable bonds is 4. The number of primary amides is 1. The molecule has 6 nitrogen and oxygen atoms in total. The fraction of sp³-hybridized carbons (Fsp3) is 0.0833. The molecule has 0 spiro atoms. The zero-order valence-electron chi connectivity index (χ0n) is 10.4. The summed E-state index contributed by atoms with van der Waals surface area (Å²) in [7, 11) is 0. The number of imidazole rings is 1. The summed E-state index contributed by atoms with van der Waals surface area (Å²) in [6.07, 6.45) is 2.75. The van der Waals surface area contributed by atoms with E-state index in [4.69, 9.17) is 5.73 Å². The molecule has 0 aliphatic carbocycles. The Morgan fingerprint density at radius 2 is 1.86 bits per heavy atom. The number of H-pyrrole nitrogens is 1. The van der Waals surface area contributed by atoms with Crippen molar-refractivity contribution in [2.75, 3.05) is 5.32 Å². The number of carbonyl (C=O) groups is 2. The van der Waals surface area contributed by atoms with Gasteiger partial charge in [-0.1, -0.05) is 0 Å². The van der Waals surface area contributed by atoms with Gasteiger partial charge in [-0.15, -0.1) is 0 Å². The van der Waals surface area contributed by atoms with E-state index in [-0.39, 0.29) is 5.95 Å². The summed E-state index contributed by atoms with van der Waals surface area (Å²) in [5.74, 6) is -8.53. The standard InChI is InChI=1S/C12H9F3N4O2/c13-6-3-5(4-7(14)9(6)15)8(10(16)20)11(21)19-12-17-1-2-18-12/h1-4,8H,(H2,16,20)(H2,17,18,19,21). The summed E-state index contributed by atoms with van der Waals surface area (Å²) in [6.45, 7) is 0. The lowest BCUT2D eigenvalue weighted by Gasteiger charge is -2.13. The number of hydrogen-bond acceptors (Lipinski definition) is 3. The van der Waals surface area contributed by atoms with Crippen LogP contribution < -0.4 is 11.1 Å². The van der Waals surface area contributed by atoms with Gasteiger partial charge < -0.3 is 10.7 Å². The van der Waals surface area contributed by atoms with Crippen molar-refractivity contribution in [3.8, 4) is 0 Å². The third kappa shape index (κ3) is 3.02. The lowest BCUT2D eigenvalue weighted by Crippen LogP contribution is -2.33. The molecule has 110 valence electrons. The van der Waals surface area contributed by atoms with Crippen molar-refractivity contribution < 1.29 is 22.8 Å². The molecule has 9 heteroatoms. The van der Waals surface area contributed by atoms with Gasteiger partial charge in [-0.25, -0.2) is 18.2 Å². The average Bonchev–Trinajstić information content (AvgIpc) is 2.88. The number of aromatic nitrogens is 2. The Bertz CT molecular complexity index is 665. The third-order valence-corrected chi connectivity index (χ3v) is 2.63. The first-order chi connectivity index (χ1) is 9.90. The van der Waals surface area contributed by atoms with Crippen LogP contribution >= 0.6 is 0 Å². The van der Waals surface area contributed by atoms with Crippen LogP contribution in [-0.4, -0.2) is 21.8 Å². The van der Waals surface area contributed by atoms with Crippen LogP contribution in [-0.2, 0) is 9.59 Å². The molecule has 1 aromatic heterocycles. The molecule has 0 aliphatic heterocycles. The van der Waals surface area contributed by atoms with Crippen molar-refractivity contribution in [1.82, 2.24) is 9.97 Å². The lowest BCUT2D eigenvalue weighted by atomic mass is 9.97. The number of nitrogens with zero attached hydrogens (tertiary/aromatic N) is 1. The minimum absolute atomic E-state index is 0.0225. The third-order valence-electron chi connectivity index (χ3n) is 2.63. The smallest absolute Gasteiger partial charge is 0.243 e. The second-order valence-electron chi connectivity index (χ2n) is 4.06. The normalized spacial score (nSPS) is 12.0. The number of anilines is 1. The van der Waals surface area contributed by atoms with Gasteiger partial charge in [0, 0.05) is 12.4 Å². The summed E-state index contributed by atoms with van der Waals surface area (Å²) >= 11 is 0. The van der Waals surface area contributed by atoms with Crippen molar-refractivity contribution in [1.29, 1.82) is 0 Å². The number of benzene rings is 1. The predicted octanol–water partition coefficient (Wildman–Crippen LogP) is 1.03. The van der Waals surface area contributed by atoms with Crippen LogP contribution in [0.5, 0.6) is 0 Å². The highest BCUT2D eigenvalue weighted by molar-refractivity contribution is 6.10. The molecule has 0 fully saturated rings. The van der Waals surface area contributed by atoms with Crippen LogP contribution in [0.4, 0.5) is 19.1 Å². The van der Waals surface area contributed by atoms with Gasteiger partial charge in [0.2, 0.25) is 17.8 Å². The van der Waals surface area contributed by atoms with Gasteiger partial charge in [-0.3, -0.25) is 14.9 Å². The first-order valence-corrected chi connectivity index (χ1v) is 5.64. The molecule has 1 unspecified atom stereocenters. The average molecular weight is 298 g/mol. The van der Waals surface area contributed by atoms with Crippen LogP contribution in [0.25, 0.3) is 0 Å². The van der Waals surface area contributed by atoms with Crippen molar-refractivity contribution in [2.24, 2.45) is 5.73 Å². The molecule has 0 radical (unpaired) electrons. The van der Waals surface area contributed by atoms with Gasteiger partial charge >= 0.3 is 0 Å². The van der Waals surface area contributed by atoms with Gasteiger partial charge in [0.25, 0.3) is 0 Å². The SMILES string of the molecule is NC(=O)C(C(=O)Nc1ncc[nH]1)c1cc(F)c(F)c(F)c1. The number of nitrogens with two attached hydrogens (primary N) is 1. The molecule has 2 rings (SSSR count). The zero-order valence-corrected chi connectivity index (χ0v) is 10.4. The van der Waals surface area contributed by atoms with Gasteiger partial charge in [-0.05, 0) is 17.7 Å². The second-order valence-corrected chi connectivity index (χ2v) is 4.06. The summed E-state index contributed by atoms with van der Waals surface area (Å²) in [6, 6.07) is 1.07. The predicted molar refractivity (Wildman–Crippen MR) is 65.5 cm³/mol. The number of carbonyl (C=O) groups excluding carboxylic acids is 2. The maximum absolute atomic E-state index is 13.2. The van der Waals surface area contributed by atoms with E-state index in [0.29, 0.717) is 12.1 Å². The Morgan fingerprint density at radius 1 is 1.24 bits per heavy atom. The van der Waals surface area contributed by atoms with Crippen molar-refractivity contribution in [3.05, 3.63) is 47.5 Å². The lowest BCUT2D eigenvalue weighted by molar-refractivity contribution is -0.127. The fourth-order valence-electron chi connectivity index (χ4n) is 1.71. The quantitative estimate of drug-likeness (QED) is 0.580. The van der Waals surface area contributed by atoms with E-state index in [9.17, 15) is 22.8 Å². The molecular formula is C12H9F3N4O2. The molecule has 0 saturated heterocycles. The Hall–Kier alpha value is -2.84. The largest absolute Gasteiger partial charge is 0.369 e. The Labute approximate surface area is 116 Å². The number of amides is 2. The highest BCUT2D eigenvalue weighted by Gasteiger charge is 2.29. The van der Waals surface area contributed by atoms with E-state index in [0.717, 1.165) is 0 Å². The fourth-order valence-corrected chi connectivity index (χ4v) is 1.71. The van der Waals surface area contributed by atoms with Crippen LogP contribution in [0.2, 0.25) is 0 Å². The first kappa shape index (κ1) is 14.6. The summed E-state index contributed by atoms with van der Waals surface area (Å²) in [4.78, 5) is 29.6. The van der Waals surface area contributed by atoms with Gasteiger partial charge in [0.05, 0.1) is 0 Å². The summed E-state index contributed by atoms with van der Waals surface area (Å²) in [5, 5.41) is 2.21. The second kappa shape index (κ2) is 5.65. The Kier molecular flexibility index (Phi) is 3.92. The highest BCUT2D eigenvalue weighted by Crippen LogP contribution is 2.22. The van der Waals surface area contributed by atoms with Crippen LogP contribution in [0.1, 0.15) is 11.5 Å². The summed E-state index contributed by atoms with van der Waals surface area (Å²) in [5.41, 5.74) is 4.67. The number of nitrogens with one attached hydrogen (secondary N) is 2. The number of hydrogen-bond donors (Lipinski definition) is 3. The van der Waals surface area contributed by atoms with E-state index in [1.165, 1.54) is 12.4 Å². The Balaban J connectivity index is 2.35. The zero-order chi connectivity index (χ0) is 15.6. The molecule has 0 aliphatic rings. The first-order valence-electron chi connectivity index (χ1n) is 5.64. The minimum atomic E-state index is -1.70. The number of aromatic amines is 1. The summed E-state index contributed by atoms with van der Waals surface area (Å²) < 4.78 is 39.3. The topological polar surface area (TPSA) is 101 Å². The minimum Gasteiger partial charge on any atom is -0.369 e. The van der Waals surface area contributed by atoms with Crippen LogP contribution in [0, 0.1) is 17.5 Å². The van der Waals surface area contributed by atoms with E-state index in [2.05, 4.69) is 15.3 Å². The van der Waals surface area contributed by atoms with Crippen LogP contribution in [0.3, 0.4) is 0 Å². The molecule has 4 N–H and O–H groups in total. The van der Waals surface area contributed by atoms with E-state index < -0.39 is 40.7 Å². The maximum atomic E-state index is 13.2. The molecule has 1 atom stereocenters. The van der Waals surface area contributed by atoms with E-state index >= 15 is 0 Å². The van der Waals surface area contributed by atoms with Crippen molar-refractivity contribution in [2.45, 2.75) is 5.92 Å². The number of halogens is 3. The monoisotopic (exact) mass is 298 g/mol. The van der Waals surface area contributed by atoms with E-state index in [1.54, 1.807) is 0 Å². The molecule has 2 amide bonds. The molecular weight excluding hydrogens is 289 g/mol.